The predicted molar refractivity (Wildman–Crippen MR) is 352 cm³/mol. The molecule has 3 N–H and O–H groups in total. The van der Waals surface area contributed by atoms with Crippen LogP contribution in [0.3, 0.4) is 0 Å². The van der Waals surface area contributed by atoms with E-state index in [1.165, 1.54) is 360 Å². The normalized spacial score (nSPS) is 12.5. The van der Waals surface area contributed by atoms with E-state index in [4.69, 9.17) is 4.74 Å². The highest BCUT2D eigenvalue weighted by atomic mass is 16.5. The highest BCUT2D eigenvalue weighted by molar-refractivity contribution is 5.76. The van der Waals surface area contributed by atoms with Gasteiger partial charge in [-0.2, -0.15) is 0 Å². The number of hydrogen-bond acceptors (Lipinski definition) is 5. The molecule has 0 rings (SSSR count). The van der Waals surface area contributed by atoms with Crippen molar-refractivity contribution in [3.63, 3.8) is 0 Å². The molecule has 0 aromatic rings. The lowest BCUT2D eigenvalue weighted by Gasteiger charge is -2.20. The fourth-order valence-electron chi connectivity index (χ4n) is 11.9. The lowest BCUT2D eigenvalue weighted by atomic mass is 10.0. The average molecular weight is 1130 g/mol. The number of esters is 1. The Balaban J connectivity index is 3.38. The number of aliphatic hydroxyl groups excluding tert-OH is 2. The van der Waals surface area contributed by atoms with Gasteiger partial charge in [0.2, 0.25) is 5.91 Å². The van der Waals surface area contributed by atoms with Gasteiger partial charge in [-0.15, -0.1) is 0 Å². The molecule has 2 atom stereocenters. The average Bonchev–Trinajstić information content (AvgIpc) is 3.46. The molecule has 0 aliphatic rings. The largest absolute Gasteiger partial charge is 0.466 e. The molecule has 6 heteroatoms. The first-order valence-corrected chi connectivity index (χ1v) is 37.0. The van der Waals surface area contributed by atoms with Gasteiger partial charge in [0, 0.05) is 12.8 Å². The molecule has 476 valence electrons. The second-order valence-electron chi connectivity index (χ2n) is 25.6. The molecule has 0 aliphatic carbocycles. The van der Waals surface area contributed by atoms with Gasteiger partial charge < -0.3 is 20.3 Å². The third kappa shape index (κ3) is 65.7. The Kier molecular flexibility index (Phi) is 68.9. The first-order valence-electron chi connectivity index (χ1n) is 37.0. The molecule has 2 unspecified atom stereocenters. The van der Waals surface area contributed by atoms with Gasteiger partial charge in [-0.3, -0.25) is 9.59 Å². The predicted octanol–water partition coefficient (Wildman–Crippen LogP) is 23.9. The summed E-state index contributed by atoms with van der Waals surface area (Å²) in [5, 5.41) is 23.3. The highest BCUT2D eigenvalue weighted by Gasteiger charge is 2.18. The van der Waals surface area contributed by atoms with Crippen LogP contribution in [0.2, 0.25) is 0 Å². The second kappa shape index (κ2) is 70.1. The summed E-state index contributed by atoms with van der Waals surface area (Å²) in [4.78, 5) is 24.6. The van der Waals surface area contributed by atoms with Crippen LogP contribution in [0.4, 0.5) is 0 Å². The third-order valence-electron chi connectivity index (χ3n) is 17.6. The van der Waals surface area contributed by atoms with Crippen LogP contribution in [0.15, 0.2) is 12.2 Å². The van der Waals surface area contributed by atoms with Crippen LogP contribution in [0.1, 0.15) is 425 Å². The highest BCUT2D eigenvalue weighted by Crippen LogP contribution is 2.20. The molecule has 6 nitrogen and oxygen atoms in total. The molecule has 0 bridgehead atoms. The van der Waals surface area contributed by atoms with Gasteiger partial charge in [-0.25, -0.2) is 0 Å². The molecule has 0 saturated heterocycles. The van der Waals surface area contributed by atoms with Gasteiger partial charge in [0.25, 0.3) is 0 Å². The molecule has 0 aromatic heterocycles. The molecular formula is C74H145NO5. The maximum atomic E-state index is 12.5. The molecule has 1 amide bonds. The number of amides is 1. The minimum Gasteiger partial charge on any atom is -0.466 e. The van der Waals surface area contributed by atoms with Crippen LogP contribution in [0.5, 0.6) is 0 Å². The monoisotopic (exact) mass is 1130 g/mol. The number of aliphatic hydroxyl groups is 2. The van der Waals surface area contributed by atoms with Crippen LogP contribution >= 0.6 is 0 Å². The zero-order chi connectivity index (χ0) is 57.8. The van der Waals surface area contributed by atoms with Crippen molar-refractivity contribution < 1.29 is 24.5 Å². The van der Waals surface area contributed by atoms with E-state index in [1.807, 2.05) is 6.08 Å². The minimum absolute atomic E-state index is 0.0187. The lowest BCUT2D eigenvalue weighted by Crippen LogP contribution is -2.45. The van der Waals surface area contributed by atoms with Gasteiger partial charge in [0.05, 0.1) is 25.4 Å². The van der Waals surface area contributed by atoms with E-state index < -0.39 is 12.1 Å². The van der Waals surface area contributed by atoms with Crippen LogP contribution in [0.25, 0.3) is 0 Å². The van der Waals surface area contributed by atoms with E-state index in [0.29, 0.717) is 19.4 Å². The van der Waals surface area contributed by atoms with E-state index in [1.54, 1.807) is 6.08 Å². The van der Waals surface area contributed by atoms with Crippen molar-refractivity contribution in [1.29, 1.82) is 0 Å². The molecule has 0 radical (unpaired) electrons. The number of ether oxygens (including phenoxy) is 1. The fourth-order valence-corrected chi connectivity index (χ4v) is 11.9. The van der Waals surface area contributed by atoms with Crippen LogP contribution in [-0.2, 0) is 14.3 Å². The number of carbonyl (C=O) groups is 2. The third-order valence-corrected chi connectivity index (χ3v) is 17.6. The number of carbonyl (C=O) groups excluding carboxylic acids is 2. The minimum atomic E-state index is -0.844. The molecule has 0 spiro atoms. The Hall–Kier alpha value is -1.40. The van der Waals surface area contributed by atoms with E-state index in [0.717, 1.165) is 38.5 Å². The van der Waals surface area contributed by atoms with Crippen molar-refractivity contribution in [2.24, 2.45) is 0 Å². The van der Waals surface area contributed by atoms with Crippen molar-refractivity contribution in [2.45, 2.75) is 437 Å². The first-order chi connectivity index (χ1) is 39.5. The summed E-state index contributed by atoms with van der Waals surface area (Å²) in [6.07, 6.45) is 87.3. The SMILES string of the molecule is CCCCCCCCCCCCCCCCCCCCCCCCC/C=C/C(O)C(CO)NC(=O)CCCCCCCCCCCCCCCCCCCCCCCCCCCCOC(=O)CCCCCCCCCCCCCC. The van der Waals surface area contributed by atoms with E-state index in [2.05, 4.69) is 19.2 Å². The van der Waals surface area contributed by atoms with Gasteiger partial charge in [-0.1, -0.05) is 392 Å². The summed E-state index contributed by atoms with van der Waals surface area (Å²) < 4.78 is 5.48. The van der Waals surface area contributed by atoms with Crippen LogP contribution in [0, 0.1) is 0 Å². The number of hydrogen-bond donors (Lipinski definition) is 3. The molecule has 0 aliphatic heterocycles. The first kappa shape index (κ1) is 78.6. The summed E-state index contributed by atoms with van der Waals surface area (Å²) in [6.45, 7) is 4.95. The molecule has 0 heterocycles. The summed E-state index contributed by atoms with van der Waals surface area (Å²) in [7, 11) is 0. The Morgan fingerprint density at radius 3 is 0.850 bits per heavy atom. The van der Waals surface area contributed by atoms with Gasteiger partial charge in [0.15, 0.2) is 0 Å². The quantitative estimate of drug-likeness (QED) is 0.0320. The van der Waals surface area contributed by atoms with Gasteiger partial charge >= 0.3 is 5.97 Å². The lowest BCUT2D eigenvalue weighted by molar-refractivity contribution is -0.143. The van der Waals surface area contributed by atoms with E-state index in [-0.39, 0.29) is 18.5 Å². The number of nitrogens with one attached hydrogen (secondary N) is 1. The summed E-state index contributed by atoms with van der Waals surface area (Å²) in [6, 6.07) is -0.627. The van der Waals surface area contributed by atoms with E-state index in [9.17, 15) is 19.8 Å². The van der Waals surface area contributed by atoms with Crippen molar-refractivity contribution in [3.8, 4) is 0 Å². The Bertz CT molecular complexity index is 1210. The Morgan fingerprint density at radius 1 is 0.338 bits per heavy atom. The summed E-state index contributed by atoms with van der Waals surface area (Å²) >= 11 is 0. The van der Waals surface area contributed by atoms with Crippen molar-refractivity contribution in [3.05, 3.63) is 12.2 Å². The molecule has 80 heavy (non-hydrogen) atoms. The van der Waals surface area contributed by atoms with Gasteiger partial charge in [0.1, 0.15) is 0 Å². The molecule has 0 fully saturated rings. The zero-order valence-electron chi connectivity index (χ0n) is 54.6. The fraction of sp³-hybridized carbons (Fsp3) is 0.946. The standard InChI is InChI=1S/C74H145NO5/c1-3-5-7-9-11-13-15-17-18-19-20-21-22-25-28-31-34-37-40-43-46-50-54-58-62-66-72(77)71(70-76)75-73(78)67-63-59-55-51-47-44-41-38-35-32-29-26-23-24-27-30-33-36-39-42-45-49-53-57-61-65-69-80-74(79)68-64-60-56-52-48-16-14-12-10-8-6-4-2/h62,66,71-72,76-77H,3-61,63-65,67-70H2,1-2H3,(H,75,78)/b66-62+. The maximum Gasteiger partial charge on any atom is 0.305 e. The number of rotatable bonds is 70. The van der Waals surface area contributed by atoms with Crippen molar-refractivity contribution in [2.75, 3.05) is 13.2 Å². The topological polar surface area (TPSA) is 95.9 Å². The molecular weight excluding hydrogens is 983 g/mol. The van der Waals surface area contributed by atoms with Crippen LogP contribution < -0.4 is 5.32 Å². The van der Waals surface area contributed by atoms with Crippen molar-refractivity contribution in [1.82, 2.24) is 5.32 Å². The second-order valence-corrected chi connectivity index (χ2v) is 25.6. The Labute approximate surface area is 501 Å². The Morgan fingerprint density at radius 2 is 0.575 bits per heavy atom. The summed E-state index contributed by atoms with van der Waals surface area (Å²) in [5.41, 5.74) is 0. The maximum absolute atomic E-state index is 12.5. The van der Waals surface area contributed by atoms with Crippen LogP contribution in [-0.4, -0.2) is 47.4 Å². The molecule has 0 saturated carbocycles. The van der Waals surface area contributed by atoms with E-state index >= 15 is 0 Å². The summed E-state index contributed by atoms with van der Waals surface area (Å²) in [5.74, 6) is -0.0415. The number of unbranched alkanes of at least 4 members (excludes halogenated alkanes) is 59. The zero-order valence-corrected chi connectivity index (χ0v) is 54.6. The van der Waals surface area contributed by atoms with Gasteiger partial charge in [-0.05, 0) is 32.1 Å². The number of allylic oxidation sites excluding steroid dienone is 1. The molecule has 0 aromatic carbocycles. The van der Waals surface area contributed by atoms with Crippen molar-refractivity contribution >= 4 is 11.9 Å². The smallest absolute Gasteiger partial charge is 0.305 e.